The molecule has 0 radical (unpaired) electrons. The van der Waals surface area contributed by atoms with Crippen LogP contribution in [0.1, 0.15) is 11.5 Å². The normalized spacial score (nSPS) is 12.5. The molecule has 0 aliphatic heterocycles. The van der Waals surface area contributed by atoms with Gasteiger partial charge in [-0.05, 0) is 5.56 Å². The number of carbonyl (C=O) groups excluding carboxylic acids is 1. The number of aldehydes is 1. The second-order valence-electron chi connectivity index (χ2n) is 2.39. The molecular weight excluding hydrogens is 138 g/mol. The van der Waals surface area contributed by atoms with Crippen LogP contribution in [0, 0.1) is 0 Å². The summed E-state index contributed by atoms with van der Waals surface area (Å²) < 4.78 is 0. The van der Waals surface area contributed by atoms with Crippen molar-refractivity contribution in [2.24, 2.45) is 5.73 Å². The Kier molecular flexibility index (Phi) is 2.81. The maximum atomic E-state index is 10.5. The monoisotopic (exact) mass is 149 g/mol. The number of carbonyl (C=O) groups is 1. The van der Waals surface area contributed by atoms with E-state index in [-0.39, 0.29) is 5.92 Å². The van der Waals surface area contributed by atoms with Gasteiger partial charge in [0.15, 0.2) is 0 Å². The molecule has 58 valence electrons. The van der Waals surface area contributed by atoms with Gasteiger partial charge < -0.3 is 10.5 Å². The van der Waals surface area contributed by atoms with E-state index in [0.29, 0.717) is 6.54 Å². The number of hydrogen-bond acceptors (Lipinski definition) is 2. The summed E-state index contributed by atoms with van der Waals surface area (Å²) in [5, 5.41) is 0. The molecule has 0 aliphatic rings. The standard InChI is InChI=1S/C9H11NO/c10-6-9(7-11)8-4-2-1-3-5-8/h1-5,7,9H,6,10H2. The summed E-state index contributed by atoms with van der Waals surface area (Å²) in [6.07, 6.45) is 0.884. The number of benzene rings is 1. The van der Waals surface area contributed by atoms with Crippen LogP contribution < -0.4 is 5.73 Å². The molecule has 2 nitrogen and oxygen atoms in total. The summed E-state index contributed by atoms with van der Waals surface area (Å²) in [4.78, 5) is 10.5. The fourth-order valence-corrected chi connectivity index (χ4v) is 0.970. The van der Waals surface area contributed by atoms with Gasteiger partial charge in [-0.1, -0.05) is 30.3 Å². The van der Waals surface area contributed by atoms with Gasteiger partial charge in [0, 0.05) is 6.54 Å². The minimum absolute atomic E-state index is 0.142. The molecule has 0 saturated carbocycles. The minimum atomic E-state index is -0.142. The maximum absolute atomic E-state index is 10.5. The van der Waals surface area contributed by atoms with Crippen LogP contribution in [0.2, 0.25) is 0 Å². The van der Waals surface area contributed by atoms with Crippen molar-refractivity contribution in [3.8, 4) is 0 Å². The lowest BCUT2D eigenvalue weighted by Crippen LogP contribution is -2.13. The number of hydrogen-bond donors (Lipinski definition) is 1. The third-order valence-corrected chi connectivity index (χ3v) is 1.65. The molecule has 1 atom stereocenters. The molecule has 0 bridgehead atoms. The molecule has 0 aliphatic carbocycles. The van der Waals surface area contributed by atoms with Crippen LogP contribution in [-0.4, -0.2) is 12.8 Å². The molecule has 11 heavy (non-hydrogen) atoms. The Balaban J connectivity index is 2.82. The van der Waals surface area contributed by atoms with E-state index in [1.807, 2.05) is 30.3 Å². The van der Waals surface area contributed by atoms with Gasteiger partial charge in [0.25, 0.3) is 0 Å². The fourth-order valence-electron chi connectivity index (χ4n) is 0.970. The molecule has 1 aromatic rings. The van der Waals surface area contributed by atoms with Crippen molar-refractivity contribution in [3.63, 3.8) is 0 Å². The zero-order chi connectivity index (χ0) is 8.10. The second kappa shape index (κ2) is 3.88. The van der Waals surface area contributed by atoms with Crippen LogP contribution in [0.3, 0.4) is 0 Å². The first-order chi connectivity index (χ1) is 5.38. The average Bonchev–Trinajstić information content (AvgIpc) is 2.09. The molecule has 1 rings (SSSR count). The smallest absolute Gasteiger partial charge is 0.128 e. The van der Waals surface area contributed by atoms with Crippen LogP contribution in [0.25, 0.3) is 0 Å². The predicted molar refractivity (Wildman–Crippen MR) is 44.3 cm³/mol. The van der Waals surface area contributed by atoms with E-state index in [0.717, 1.165) is 11.8 Å². The molecule has 0 aromatic heterocycles. The summed E-state index contributed by atoms with van der Waals surface area (Å²) >= 11 is 0. The third-order valence-electron chi connectivity index (χ3n) is 1.65. The third kappa shape index (κ3) is 1.88. The van der Waals surface area contributed by atoms with Crippen molar-refractivity contribution in [1.29, 1.82) is 0 Å². The van der Waals surface area contributed by atoms with Crippen molar-refractivity contribution >= 4 is 6.29 Å². The summed E-state index contributed by atoms with van der Waals surface area (Å²) in [5.74, 6) is -0.142. The summed E-state index contributed by atoms with van der Waals surface area (Å²) in [5.41, 5.74) is 6.37. The minimum Gasteiger partial charge on any atom is -0.329 e. The van der Waals surface area contributed by atoms with Crippen LogP contribution in [0.5, 0.6) is 0 Å². The first kappa shape index (κ1) is 7.95. The highest BCUT2D eigenvalue weighted by Crippen LogP contribution is 2.10. The number of nitrogens with two attached hydrogens (primary N) is 1. The van der Waals surface area contributed by atoms with Gasteiger partial charge >= 0.3 is 0 Å². The molecule has 2 heteroatoms. The Morgan fingerprint density at radius 1 is 1.36 bits per heavy atom. The van der Waals surface area contributed by atoms with Crippen LogP contribution in [-0.2, 0) is 4.79 Å². The molecular formula is C9H11NO. The summed E-state index contributed by atoms with van der Waals surface area (Å²) in [6.45, 7) is 0.382. The first-order valence-corrected chi connectivity index (χ1v) is 3.58. The lowest BCUT2D eigenvalue weighted by Gasteiger charge is -2.05. The predicted octanol–water partition coefficient (Wildman–Crippen LogP) is 0.928. The van der Waals surface area contributed by atoms with E-state index in [9.17, 15) is 4.79 Å². The topological polar surface area (TPSA) is 43.1 Å². The molecule has 0 saturated heterocycles. The highest BCUT2D eigenvalue weighted by Gasteiger charge is 2.05. The van der Waals surface area contributed by atoms with Gasteiger partial charge in [0.2, 0.25) is 0 Å². The second-order valence-corrected chi connectivity index (χ2v) is 2.39. The van der Waals surface area contributed by atoms with Crippen molar-refractivity contribution in [2.45, 2.75) is 5.92 Å². The molecule has 1 aromatic carbocycles. The Morgan fingerprint density at radius 2 is 2.00 bits per heavy atom. The van der Waals surface area contributed by atoms with Crippen molar-refractivity contribution in [1.82, 2.24) is 0 Å². The lowest BCUT2D eigenvalue weighted by molar-refractivity contribution is -0.108. The van der Waals surface area contributed by atoms with E-state index in [1.54, 1.807) is 0 Å². The van der Waals surface area contributed by atoms with Gasteiger partial charge in [-0.15, -0.1) is 0 Å². The summed E-state index contributed by atoms with van der Waals surface area (Å²) in [6, 6.07) is 9.54. The van der Waals surface area contributed by atoms with E-state index >= 15 is 0 Å². The van der Waals surface area contributed by atoms with Gasteiger partial charge in [-0.25, -0.2) is 0 Å². The van der Waals surface area contributed by atoms with Crippen LogP contribution in [0.15, 0.2) is 30.3 Å². The van der Waals surface area contributed by atoms with E-state index < -0.39 is 0 Å². The quantitative estimate of drug-likeness (QED) is 0.649. The highest BCUT2D eigenvalue weighted by atomic mass is 16.1. The lowest BCUT2D eigenvalue weighted by atomic mass is 10.0. The molecule has 1 unspecified atom stereocenters. The van der Waals surface area contributed by atoms with E-state index in [2.05, 4.69) is 0 Å². The Labute approximate surface area is 66.0 Å². The zero-order valence-electron chi connectivity index (χ0n) is 6.23. The average molecular weight is 149 g/mol. The SMILES string of the molecule is NCC(C=O)c1ccccc1. The first-order valence-electron chi connectivity index (χ1n) is 3.58. The van der Waals surface area contributed by atoms with Crippen LogP contribution >= 0.6 is 0 Å². The number of rotatable bonds is 3. The van der Waals surface area contributed by atoms with E-state index in [4.69, 9.17) is 5.73 Å². The van der Waals surface area contributed by atoms with Gasteiger partial charge in [0.05, 0.1) is 5.92 Å². The maximum Gasteiger partial charge on any atom is 0.128 e. The van der Waals surface area contributed by atoms with Crippen molar-refractivity contribution in [3.05, 3.63) is 35.9 Å². The van der Waals surface area contributed by atoms with Gasteiger partial charge in [0.1, 0.15) is 6.29 Å². The molecule has 2 N–H and O–H groups in total. The Hall–Kier alpha value is -1.15. The van der Waals surface area contributed by atoms with Gasteiger partial charge in [-0.3, -0.25) is 0 Å². The van der Waals surface area contributed by atoms with Crippen LogP contribution in [0.4, 0.5) is 0 Å². The Morgan fingerprint density at radius 3 is 2.45 bits per heavy atom. The highest BCUT2D eigenvalue weighted by molar-refractivity contribution is 5.62. The van der Waals surface area contributed by atoms with Crippen molar-refractivity contribution < 1.29 is 4.79 Å². The van der Waals surface area contributed by atoms with E-state index in [1.165, 1.54) is 0 Å². The largest absolute Gasteiger partial charge is 0.329 e. The molecule has 0 amide bonds. The van der Waals surface area contributed by atoms with Crippen molar-refractivity contribution in [2.75, 3.05) is 6.54 Å². The van der Waals surface area contributed by atoms with Gasteiger partial charge in [-0.2, -0.15) is 0 Å². The molecule has 0 spiro atoms. The summed E-state index contributed by atoms with van der Waals surface area (Å²) in [7, 11) is 0. The Bertz CT molecular complexity index is 220. The molecule has 0 fully saturated rings. The zero-order valence-corrected chi connectivity index (χ0v) is 6.23. The molecule has 0 heterocycles. The fraction of sp³-hybridized carbons (Fsp3) is 0.222.